The molecular weight excluding hydrogens is 351 g/mol. The van der Waals surface area contributed by atoms with Gasteiger partial charge in [0, 0.05) is 36.9 Å². The molecule has 2 aliphatic rings. The van der Waals surface area contributed by atoms with Crippen molar-refractivity contribution < 1.29 is 14.0 Å². The second kappa shape index (κ2) is 7.89. The lowest BCUT2D eigenvalue weighted by molar-refractivity contribution is -0.119. The van der Waals surface area contributed by atoms with E-state index in [0.717, 1.165) is 43.4 Å². The summed E-state index contributed by atoms with van der Waals surface area (Å²) < 4.78 is 14.4. The second-order valence-corrected chi connectivity index (χ2v) is 7.21. The van der Waals surface area contributed by atoms with Gasteiger partial charge in [-0.3, -0.25) is 20.0 Å². The lowest BCUT2D eigenvalue weighted by atomic mass is 9.94. The Morgan fingerprint density at radius 3 is 3.00 bits per heavy atom. The maximum atomic E-state index is 14.4. The Kier molecular flexibility index (Phi) is 5.35. The number of aromatic nitrogens is 2. The molecule has 2 fully saturated rings. The fraction of sp³-hybridized carbons (Fsp3) is 0.556. The Morgan fingerprint density at radius 1 is 1.41 bits per heavy atom. The summed E-state index contributed by atoms with van der Waals surface area (Å²) in [6.07, 6.45) is 3.05. The number of nitrogens with zero attached hydrogens (tertiary/aromatic N) is 2. The fourth-order valence-corrected chi connectivity index (χ4v) is 3.92. The summed E-state index contributed by atoms with van der Waals surface area (Å²) in [6, 6.07) is 3.13. The van der Waals surface area contributed by atoms with Crippen LogP contribution in [0.15, 0.2) is 18.3 Å². The van der Waals surface area contributed by atoms with Gasteiger partial charge in [0.25, 0.3) is 0 Å². The zero-order chi connectivity index (χ0) is 18.8. The van der Waals surface area contributed by atoms with Gasteiger partial charge in [-0.2, -0.15) is 10.6 Å². The molecule has 1 aromatic heterocycles. The minimum atomic E-state index is -0.408. The van der Waals surface area contributed by atoms with E-state index in [1.165, 1.54) is 13.0 Å². The number of fused-ring (bicyclic) bond motifs is 1. The minimum Gasteiger partial charge on any atom is -0.355 e. The van der Waals surface area contributed by atoms with Gasteiger partial charge >= 0.3 is 0 Å². The van der Waals surface area contributed by atoms with Crippen LogP contribution in [0.4, 0.5) is 4.39 Å². The monoisotopic (exact) mass is 376 g/mol. The molecule has 0 bridgehead atoms. The quantitative estimate of drug-likeness (QED) is 0.622. The SMILES string of the molecule is CC(=O)NCCN1CCC(C2NC(c3c(F)ccc4[nH]ncc34)NO2)CC1. The summed E-state index contributed by atoms with van der Waals surface area (Å²) in [5, 5.41) is 13.8. The Labute approximate surface area is 156 Å². The number of aromatic amines is 1. The molecule has 1 amide bonds. The third kappa shape index (κ3) is 3.96. The molecule has 3 heterocycles. The van der Waals surface area contributed by atoms with Crippen LogP contribution in [-0.2, 0) is 9.63 Å². The molecule has 4 N–H and O–H groups in total. The molecule has 0 aliphatic carbocycles. The van der Waals surface area contributed by atoms with Gasteiger partial charge in [-0.25, -0.2) is 4.39 Å². The van der Waals surface area contributed by atoms with Crippen molar-refractivity contribution in [1.82, 2.24) is 31.2 Å². The topological polar surface area (TPSA) is 94.3 Å². The Hall–Kier alpha value is -2.07. The maximum Gasteiger partial charge on any atom is 0.216 e. The van der Waals surface area contributed by atoms with E-state index in [4.69, 9.17) is 4.84 Å². The second-order valence-electron chi connectivity index (χ2n) is 7.21. The van der Waals surface area contributed by atoms with Crippen molar-refractivity contribution in [3.63, 3.8) is 0 Å². The fourth-order valence-electron chi connectivity index (χ4n) is 3.92. The van der Waals surface area contributed by atoms with E-state index >= 15 is 0 Å². The summed E-state index contributed by atoms with van der Waals surface area (Å²) >= 11 is 0. The van der Waals surface area contributed by atoms with Gasteiger partial charge in [0.05, 0.1) is 11.7 Å². The lowest BCUT2D eigenvalue weighted by Gasteiger charge is -2.33. The van der Waals surface area contributed by atoms with Crippen molar-refractivity contribution in [2.45, 2.75) is 32.2 Å². The van der Waals surface area contributed by atoms with Gasteiger partial charge in [0.1, 0.15) is 18.2 Å². The standard InChI is InChI=1S/C18H25FN6O2/c1-11(26)20-6-9-25-7-4-12(5-8-25)18-22-17(24-27-18)16-13-10-21-23-15(13)3-2-14(16)19/h2-3,10,12,17-18,22,24H,4-9H2,1H3,(H,20,26)(H,21,23). The molecule has 4 rings (SSSR count). The third-order valence-electron chi connectivity index (χ3n) is 5.41. The maximum absolute atomic E-state index is 14.4. The lowest BCUT2D eigenvalue weighted by Crippen LogP contribution is -2.44. The minimum absolute atomic E-state index is 0.00503. The zero-order valence-electron chi connectivity index (χ0n) is 15.3. The van der Waals surface area contributed by atoms with Crippen LogP contribution in [0, 0.1) is 11.7 Å². The van der Waals surface area contributed by atoms with Crippen LogP contribution in [-0.4, -0.2) is 53.4 Å². The van der Waals surface area contributed by atoms with E-state index in [2.05, 4.69) is 31.2 Å². The number of hydroxylamine groups is 1. The number of nitrogens with one attached hydrogen (secondary N) is 4. The van der Waals surface area contributed by atoms with Crippen molar-refractivity contribution >= 4 is 16.8 Å². The largest absolute Gasteiger partial charge is 0.355 e. The summed E-state index contributed by atoms with van der Waals surface area (Å²) in [5.41, 5.74) is 4.27. The van der Waals surface area contributed by atoms with Gasteiger partial charge in [-0.1, -0.05) is 0 Å². The summed E-state index contributed by atoms with van der Waals surface area (Å²) in [5.74, 6) is 0.0718. The number of halogens is 1. The number of carbonyl (C=O) groups excluding carboxylic acids is 1. The normalized spacial score (nSPS) is 24.5. The zero-order valence-corrected chi connectivity index (χ0v) is 15.3. The van der Waals surface area contributed by atoms with Crippen LogP contribution < -0.4 is 16.1 Å². The first-order chi connectivity index (χ1) is 13.1. The molecule has 9 heteroatoms. The molecule has 2 aliphatic heterocycles. The number of piperidine rings is 1. The molecule has 1 aromatic carbocycles. The Morgan fingerprint density at radius 2 is 2.22 bits per heavy atom. The Bertz CT molecular complexity index is 804. The molecule has 27 heavy (non-hydrogen) atoms. The highest BCUT2D eigenvalue weighted by Gasteiger charge is 2.35. The van der Waals surface area contributed by atoms with Crippen LogP contribution >= 0.6 is 0 Å². The van der Waals surface area contributed by atoms with Gasteiger partial charge in [-0.05, 0) is 38.1 Å². The van der Waals surface area contributed by atoms with Crippen molar-refractivity contribution in [2.75, 3.05) is 26.2 Å². The highest BCUT2D eigenvalue weighted by atomic mass is 19.1. The van der Waals surface area contributed by atoms with Crippen molar-refractivity contribution in [3.8, 4) is 0 Å². The predicted molar refractivity (Wildman–Crippen MR) is 97.8 cm³/mol. The first kappa shape index (κ1) is 18.3. The van der Waals surface area contributed by atoms with Gasteiger partial charge < -0.3 is 10.2 Å². The van der Waals surface area contributed by atoms with E-state index in [9.17, 15) is 9.18 Å². The number of likely N-dealkylation sites (tertiary alicyclic amines) is 1. The summed E-state index contributed by atoms with van der Waals surface area (Å²) in [4.78, 5) is 19.1. The number of H-pyrrole nitrogens is 1. The van der Waals surface area contributed by atoms with Gasteiger partial charge in [0.2, 0.25) is 5.91 Å². The smallest absolute Gasteiger partial charge is 0.216 e. The van der Waals surface area contributed by atoms with Gasteiger partial charge in [-0.15, -0.1) is 0 Å². The van der Waals surface area contributed by atoms with Gasteiger partial charge in [0.15, 0.2) is 0 Å². The predicted octanol–water partition coefficient (Wildman–Crippen LogP) is 0.999. The number of hydrogen-bond donors (Lipinski definition) is 4. The van der Waals surface area contributed by atoms with Crippen LogP contribution in [0.1, 0.15) is 31.5 Å². The number of amides is 1. The first-order valence-electron chi connectivity index (χ1n) is 9.37. The van der Waals surface area contributed by atoms with E-state index in [1.807, 2.05) is 0 Å². The summed E-state index contributed by atoms with van der Waals surface area (Å²) in [7, 11) is 0. The van der Waals surface area contributed by atoms with E-state index < -0.39 is 6.17 Å². The molecule has 146 valence electrons. The third-order valence-corrected chi connectivity index (χ3v) is 5.41. The van der Waals surface area contributed by atoms with Crippen LogP contribution in [0.2, 0.25) is 0 Å². The summed E-state index contributed by atoms with van der Waals surface area (Å²) in [6.45, 7) is 4.99. The van der Waals surface area contributed by atoms with Crippen molar-refractivity contribution in [1.29, 1.82) is 0 Å². The van der Waals surface area contributed by atoms with Crippen molar-refractivity contribution in [2.24, 2.45) is 5.92 Å². The average molecular weight is 376 g/mol. The molecule has 2 aromatic rings. The van der Waals surface area contributed by atoms with Crippen molar-refractivity contribution in [3.05, 3.63) is 29.7 Å². The van der Waals surface area contributed by atoms with Crippen LogP contribution in [0.5, 0.6) is 0 Å². The van der Waals surface area contributed by atoms with E-state index in [-0.39, 0.29) is 18.0 Å². The molecule has 8 nitrogen and oxygen atoms in total. The number of carbonyl (C=O) groups is 1. The number of hydrogen-bond acceptors (Lipinski definition) is 6. The van der Waals surface area contributed by atoms with E-state index in [1.54, 1.807) is 12.3 Å². The van der Waals surface area contributed by atoms with Crippen LogP contribution in [0.3, 0.4) is 0 Å². The van der Waals surface area contributed by atoms with Crippen LogP contribution in [0.25, 0.3) is 10.9 Å². The molecule has 2 atom stereocenters. The molecule has 2 unspecified atom stereocenters. The average Bonchev–Trinajstić information content (AvgIpc) is 3.31. The highest BCUT2D eigenvalue weighted by Crippen LogP contribution is 2.30. The molecule has 0 spiro atoms. The van der Waals surface area contributed by atoms with E-state index in [0.29, 0.717) is 18.0 Å². The molecular formula is C18H25FN6O2. The molecule has 0 saturated carbocycles. The molecule has 2 saturated heterocycles. The molecule has 0 radical (unpaired) electrons. The highest BCUT2D eigenvalue weighted by molar-refractivity contribution is 5.82. The first-order valence-corrected chi connectivity index (χ1v) is 9.37. The number of benzene rings is 1. The number of rotatable bonds is 5. The Balaban J connectivity index is 1.33.